The molecule has 0 bridgehead atoms. The Bertz CT molecular complexity index is 1270. The Balaban J connectivity index is 1.35. The van der Waals surface area contributed by atoms with Gasteiger partial charge in [0.2, 0.25) is 0 Å². The summed E-state index contributed by atoms with van der Waals surface area (Å²) in [6.45, 7) is 0. The van der Waals surface area contributed by atoms with E-state index >= 15 is 0 Å². The number of aryl methyl sites for hydroxylation is 1. The van der Waals surface area contributed by atoms with Crippen LogP contribution in [0.3, 0.4) is 0 Å². The van der Waals surface area contributed by atoms with E-state index in [1.165, 1.54) is 35.5 Å². The molecular weight excluding hydrogens is 395 g/mol. The monoisotopic (exact) mass is 416 g/mol. The zero-order valence-corrected chi connectivity index (χ0v) is 16.6. The number of fused-ring (bicyclic) bond motifs is 2. The van der Waals surface area contributed by atoms with E-state index in [-0.39, 0.29) is 11.7 Å². The van der Waals surface area contributed by atoms with Crippen LogP contribution in [0, 0.1) is 5.82 Å². The van der Waals surface area contributed by atoms with Gasteiger partial charge in [0, 0.05) is 12.2 Å². The molecule has 2 unspecified atom stereocenters. The molecule has 2 heterocycles. The van der Waals surface area contributed by atoms with E-state index in [2.05, 4.69) is 27.8 Å². The first-order chi connectivity index (χ1) is 15.1. The molecule has 156 valence electrons. The highest BCUT2D eigenvalue weighted by Gasteiger charge is 2.24. The van der Waals surface area contributed by atoms with E-state index < -0.39 is 18.0 Å². The highest BCUT2D eigenvalue weighted by Crippen LogP contribution is 2.33. The molecule has 2 aromatic carbocycles. The van der Waals surface area contributed by atoms with Crippen molar-refractivity contribution in [1.29, 1.82) is 0 Å². The lowest BCUT2D eigenvalue weighted by atomic mass is 10.1. The molecular formula is C24H21FN4O2. The number of aromatic nitrogens is 2. The summed E-state index contributed by atoms with van der Waals surface area (Å²) in [5.74, 6) is -1.06. The van der Waals surface area contributed by atoms with Gasteiger partial charge in [-0.05, 0) is 53.8 Å². The molecule has 2 atom stereocenters. The molecule has 0 spiro atoms. The molecule has 31 heavy (non-hydrogen) atoms. The van der Waals surface area contributed by atoms with Gasteiger partial charge in [0.05, 0.1) is 11.9 Å². The Labute approximate surface area is 178 Å². The maximum Gasteiger partial charge on any atom is 0.274 e. The zero-order chi connectivity index (χ0) is 21.4. The number of hydrogen-bond acceptors (Lipinski definition) is 4. The maximum atomic E-state index is 14.4. The zero-order valence-electron chi connectivity index (χ0n) is 16.6. The molecule has 7 heteroatoms. The van der Waals surface area contributed by atoms with Crippen LogP contribution in [0.4, 0.5) is 10.1 Å². The number of hydrogen-bond donors (Lipinski definition) is 3. The van der Waals surface area contributed by atoms with E-state index in [9.17, 15) is 14.3 Å². The molecule has 5 rings (SSSR count). The van der Waals surface area contributed by atoms with Gasteiger partial charge in [0.15, 0.2) is 0 Å². The van der Waals surface area contributed by atoms with E-state index in [0.29, 0.717) is 16.9 Å². The number of benzene rings is 2. The largest absolute Gasteiger partial charge is 0.374 e. The van der Waals surface area contributed by atoms with Crippen LogP contribution in [-0.2, 0) is 6.42 Å². The van der Waals surface area contributed by atoms with E-state index in [1.807, 2.05) is 18.2 Å². The fraction of sp³-hybridized carbons (Fsp3) is 0.167. The molecule has 1 amide bonds. The second kappa shape index (κ2) is 7.94. The second-order valence-corrected chi connectivity index (χ2v) is 7.62. The number of anilines is 1. The second-order valence-electron chi connectivity index (χ2n) is 7.62. The number of aliphatic hydroxyl groups is 1. The molecule has 1 aliphatic rings. The van der Waals surface area contributed by atoms with Gasteiger partial charge >= 0.3 is 0 Å². The van der Waals surface area contributed by atoms with Crippen molar-refractivity contribution in [3.05, 3.63) is 101 Å². The Kier molecular flexibility index (Phi) is 4.97. The van der Waals surface area contributed by atoms with Crippen LogP contribution in [0.2, 0.25) is 0 Å². The number of aliphatic hydroxyl groups excluding tert-OH is 1. The Hall–Kier alpha value is -3.55. The van der Waals surface area contributed by atoms with Crippen molar-refractivity contribution >= 4 is 17.2 Å². The SMILES string of the molecule is O=C(Nc1cc(C(O)NC2CCc3ccccc32)ccc1F)c1cnc2ccccn12. The van der Waals surface area contributed by atoms with E-state index in [1.54, 1.807) is 22.7 Å². The Morgan fingerprint density at radius 2 is 2.00 bits per heavy atom. The Morgan fingerprint density at radius 3 is 2.90 bits per heavy atom. The fourth-order valence-corrected chi connectivity index (χ4v) is 4.11. The normalized spacial score (nSPS) is 16.3. The first-order valence-electron chi connectivity index (χ1n) is 10.1. The lowest BCUT2D eigenvalue weighted by Crippen LogP contribution is -2.25. The van der Waals surface area contributed by atoms with Gasteiger partial charge in [-0.3, -0.25) is 14.5 Å². The fourth-order valence-electron chi connectivity index (χ4n) is 4.11. The topological polar surface area (TPSA) is 78.7 Å². The van der Waals surface area contributed by atoms with Crippen LogP contribution in [0.5, 0.6) is 0 Å². The van der Waals surface area contributed by atoms with Gasteiger partial charge in [0.1, 0.15) is 23.4 Å². The number of amides is 1. The van der Waals surface area contributed by atoms with Crippen molar-refractivity contribution in [1.82, 2.24) is 14.7 Å². The minimum absolute atomic E-state index is 0.000975. The van der Waals surface area contributed by atoms with Gasteiger partial charge in [-0.1, -0.05) is 36.4 Å². The predicted molar refractivity (Wildman–Crippen MR) is 115 cm³/mol. The quantitative estimate of drug-likeness (QED) is 0.430. The average molecular weight is 416 g/mol. The number of halogens is 1. The molecule has 1 aliphatic carbocycles. The number of imidazole rings is 1. The van der Waals surface area contributed by atoms with Gasteiger partial charge in [0.25, 0.3) is 5.91 Å². The van der Waals surface area contributed by atoms with Crippen molar-refractivity contribution in [3.8, 4) is 0 Å². The van der Waals surface area contributed by atoms with Crippen molar-refractivity contribution in [2.75, 3.05) is 5.32 Å². The number of rotatable bonds is 5. The minimum atomic E-state index is -0.997. The number of nitrogens with zero attached hydrogens (tertiary/aromatic N) is 2. The van der Waals surface area contributed by atoms with E-state index in [4.69, 9.17) is 0 Å². The van der Waals surface area contributed by atoms with Crippen molar-refractivity contribution in [3.63, 3.8) is 0 Å². The van der Waals surface area contributed by atoms with Crippen molar-refractivity contribution in [2.45, 2.75) is 25.1 Å². The van der Waals surface area contributed by atoms with Crippen LogP contribution < -0.4 is 10.6 Å². The number of nitrogens with one attached hydrogen (secondary N) is 2. The lowest BCUT2D eigenvalue weighted by Gasteiger charge is -2.20. The molecule has 0 saturated carbocycles. The smallest absolute Gasteiger partial charge is 0.274 e. The molecule has 6 nitrogen and oxygen atoms in total. The van der Waals surface area contributed by atoms with Gasteiger partial charge < -0.3 is 10.4 Å². The van der Waals surface area contributed by atoms with Gasteiger partial charge in [-0.15, -0.1) is 0 Å². The number of pyridine rings is 1. The highest BCUT2D eigenvalue weighted by molar-refractivity contribution is 6.03. The third-order valence-corrected chi connectivity index (χ3v) is 5.70. The highest BCUT2D eigenvalue weighted by atomic mass is 19.1. The van der Waals surface area contributed by atoms with Crippen LogP contribution >= 0.6 is 0 Å². The van der Waals surface area contributed by atoms with Crippen LogP contribution in [0.15, 0.2) is 73.1 Å². The summed E-state index contributed by atoms with van der Waals surface area (Å²) < 4.78 is 16.0. The summed E-state index contributed by atoms with van der Waals surface area (Å²) in [6, 6.07) is 17.8. The Morgan fingerprint density at radius 1 is 1.16 bits per heavy atom. The van der Waals surface area contributed by atoms with Crippen LogP contribution in [0.1, 0.15) is 45.9 Å². The summed E-state index contributed by atoms with van der Waals surface area (Å²) in [4.78, 5) is 16.9. The standard InChI is InChI=1S/C24H21FN4O2/c25-18-10-8-16(23(30)27-19-11-9-15-5-1-2-6-17(15)19)13-20(18)28-24(31)21-14-26-22-7-3-4-12-29(21)22/h1-8,10,12-14,19,23,27,30H,9,11H2,(H,28,31). The molecule has 0 aliphatic heterocycles. The summed E-state index contributed by atoms with van der Waals surface area (Å²) in [6.07, 6.45) is 4.00. The molecule has 2 aromatic heterocycles. The van der Waals surface area contributed by atoms with Gasteiger partial charge in [-0.2, -0.15) is 0 Å². The van der Waals surface area contributed by atoms with Crippen molar-refractivity contribution < 1.29 is 14.3 Å². The first-order valence-corrected chi connectivity index (χ1v) is 10.1. The third-order valence-electron chi connectivity index (χ3n) is 5.70. The molecule has 0 radical (unpaired) electrons. The summed E-state index contributed by atoms with van der Waals surface area (Å²) >= 11 is 0. The first kappa shape index (κ1) is 19.4. The summed E-state index contributed by atoms with van der Waals surface area (Å²) in [5, 5.41) is 16.5. The number of carbonyl (C=O) groups is 1. The lowest BCUT2D eigenvalue weighted by molar-refractivity contribution is 0.102. The molecule has 4 aromatic rings. The summed E-state index contributed by atoms with van der Waals surface area (Å²) in [5.41, 5.74) is 3.83. The maximum absolute atomic E-state index is 14.4. The molecule has 0 saturated heterocycles. The predicted octanol–water partition coefficient (Wildman–Crippen LogP) is 3.99. The van der Waals surface area contributed by atoms with Crippen molar-refractivity contribution in [2.24, 2.45) is 0 Å². The van der Waals surface area contributed by atoms with E-state index in [0.717, 1.165) is 12.8 Å². The van der Waals surface area contributed by atoms with Crippen LogP contribution in [-0.4, -0.2) is 20.4 Å². The number of carbonyl (C=O) groups excluding carboxylic acids is 1. The molecule has 3 N–H and O–H groups in total. The third kappa shape index (κ3) is 3.69. The summed E-state index contributed by atoms with van der Waals surface area (Å²) in [7, 11) is 0. The minimum Gasteiger partial charge on any atom is -0.374 e. The van der Waals surface area contributed by atoms with Crippen LogP contribution in [0.25, 0.3) is 5.65 Å². The average Bonchev–Trinajstić information content (AvgIpc) is 3.40. The van der Waals surface area contributed by atoms with Gasteiger partial charge in [-0.25, -0.2) is 9.37 Å². The molecule has 0 fully saturated rings.